The van der Waals surface area contributed by atoms with Gasteiger partial charge in [0.2, 0.25) is 0 Å². The highest BCUT2D eigenvalue weighted by molar-refractivity contribution is 5.94. The molecule has 2 fully saturated rings. The molecular formula is C15H21ClN2O. The maximum Gasteiger partial charge on any atom is 0.251 e. The highest BCUT2D eigenvalue weighted by atomic mass is 35.5. The monoisotopic (exact) mass is 280 g/mol. The molecule has 1 heterocycles. The number of piperidine rings is 1. The Morgan fingerprint density at radius 2 is 1.68 bits per heavy atom. The number of hydrogen-bond acceptors (Lipinski definition) is 2. The van der Waals surface area contributed by atoms with Crippen molar-refractivity contribution in [2.24, 2.45) is 0 Å². The maximum atomic E-state index is 11.9. The molecule has 2 N–H and O–H groups in total. The lowest BCUT2D eigenvalue weighted by molar-refractivity contribution is 0.0951. The summed E-state index contributed by atoms with van der Waals surface area (Å²) in [5.41, 5.74) is 2.17. The van der Waals surface area contributed by atoms with E-state index in [2.05, 4.69) is 22.8 Å². The minimum absolute atomic E-state index is 0. The number of nitrogens with one attached hydrogen (secondary N) is 2. The molecule has 1 aliphatic carbocycles. The molecule has 3 nitrogen and oxygen atoms in total. The summed E-state index contributed by atoms with van der Waals surface area (Å²) in [6.07, 6.45) is 4.68. The first kappa shape index (κ1) is 14.4. The minimum Gasteiger partial charge on any atom is -0.349 e. The topological polar surface area (TPSA) is 41.1 Å². The fourth-order valence-electron chi connectivity index (χ4n) is 2.56. The lowest BCUT2D eigenvalue weighted by atomic mass is 9.90. The van der Waals surface area contributed by atoms with Crippen LogP contribution in [0.25, 0.3) is 0 Å². The quantitative estimate of drug-likeness (QED) is 0.893. The number of carbonyl (C=O) groups excluding carboxylic acids is 1. The number of rotatable bonds is 3. The first-order valence-electron chi connectivity index (χ1n) is 6.94. The first-order valence-corrected chi connectivity index (χ1v) is 6.94. The van der Waals surface area contributed by atoms with E-state index in [-0.39, 0.29) is 18.3 Å². The summed E-state index contributed by atoms with van der Waals surface area (Å²) in [4.78, 5) is 11.9. The van der Waals surface area contributed by atoms with Gasteiger partial charge in [-0.05, 0) is 62.4 Å². The molecule has 1 amide bonds. The highest BCUT2D eigenvalue weighted by Crippen LogP contribution is 2.25. The van der Waals surface area contributed by atoms with Gasteiger partial charge in [0.1, 0.15) is 0 Å². The highest BCUT2D eigenvalue weighted by Gasteiger charge is 2.23. The molecule has 0 radical (unpaired) electrons. The fourth-order valence-corrected chi connectivity index (χ4v) is 2.56. The lowest BCUT2D eigenvalue weighted by Crippen LogP contribution is -2.27. The van der Waals surface area contributed by atoms with Gasteiger partial charge in [0.25, 0.3) is 5.91 Å². The summed E-state index contributed by atoms with van der Waals surface area (Å²) in [5, 5.41) is 6.40. The van der Waals surface area contributed by atoms with E-state index in [9.17, 15) is 4.79 Å². The van der Waals surface area contributed by atoms with Gasteiger partial charge in [-0.1, -0.05) is 12.1 Å². The third-order valence-electron chi connectivity index (χ3n) is 3.90. The van der Waals surface area contributed by atoms with Crippen molar-refractivity contribution in [3.63, 3.8) is 0 Å². The Bertz CT molecular complexity index is 422. The van der Waals surface area contributed by atoms with Gasteiger partial charge >= 0.3 is 0 Å². The van der Waals surface area contributed by atoms with E-state index in [4.69, 9.17) is 0 Å². The van der Waals surface area contributed by atoms with Crippen molar-refractivity contribution >= 4 is 18.3 Å². The van der Waals surface area contributed by atoms with Crippen LogP contribution in [-0.2, 0) is 0 Å². The van der Waals surface area contributed by atoms with Crippen molar-refractivity contribution in [2.75, 3.05) is 13.1 Å². The average molecular weight is 281 g/mol. The molecule has 4 heteroatoms. The molecule has 3 rings (SSSR count). The van der Waals surface area contributed by atoms with Gasteiger partial charge in [0, 0.05) is 11.6 Å². The Balaban J connectivity index is 0.00000133. The second-order valence-electron chi connectivity index (χ2n) is 5.39. The van der Waals surface area contributed by atoms with Crippen LogP contribution in [0.2, 0.25) is 0 Å². The molecule has 104 valence electrons. The molecule has 1 aromatic rings. The van der Waals surface area contributed by atoms with Crippen LogP contribution in [0.15, 0.2) is 24.3 Å². The number of halogens is 1. The number of hydrogen-bond donors (Lipinski definition) is 2. The first-order chi connectivity index (χ1) is 8.83. The number of carbonyl (C=O) groups is 1. The van der Waals surface area contributed by atoms with Crippen LogP contribution < -0.4 is 10.6 Å². The summed E-state index contributed by atoms with van der Waals surface area (Å²) < 4.78 is 0. The van der Waals surface area contributed by atoms with Crippen LogP contribution in [0, 0.1) is 0 Å². The summed E-state index contributed by atoms with van der Waals surface area (Å²) in [5.74, 6) is 0.737. The molecule has 0 spiro atoms. The second kappa shape index (κ2) is 6.40. The zero-order chi connectivity index (χ0) is 12.4. The van der Waals surface area contributed by atoms with E-state index < -0.39 is 0 Å². The van der Waals surface area contributed by atoms with Crippen molar-refractivity contribution in [2.45, 2.75) is 37.6 Å². The van der Waals surface area contributed by atoms with Gasteiger partial charge < -0.3 is 10.6 Å². The molecule has 0 unspecified atom stereocenters. The second-order valence-corrected chi connectivity index (χ2v) is 5.39. The van der Waals surface area contributed by atoms with Gasteiger partial charge in [-0.25, -0.2) is 0 Å². The van der Waals surface area contributed by atoms with Crippen LogP contribution in [0.4, 0.5) is 0 Å². The van der Waals surface area contributed by atoms with Crippen molar-refractivity contribution < 1.29 is 4.79 Å². The number of benzene rings is 1. The fraction of sp³-hybridized carbons (Fsp3) is 0.533. The largest absolute Gasteiger partial charge is 0.349 e. The normalized spacial score (nSPS) is 19.6. The molecule has 1 aliphatic heterocycles. The van der Waals surface area contributed by atoms with E-state index in [1.54, 1.807) is 0 Å². The van der Waals surface area contributed by atoms with Gasteiger partial charge in [-0.3, -0.25) is 4.79 Å². The summed E-state index contributed by atoms with van der Waals surface area (Å²) in [6.45, 7) is 2.21. The van der Waals surface area contributed by atoms with Gasteiger partial charge in [-0.2, -0.15) is 0 Å². The Morgan fingerprint density at radius 3 is 2.26 bits per heavy atom. The lowest BCUT2D eigenvalue weighted by Gasteiger charge is -2.23. The molecule has 19 heavy (non-hydrogen) atoms. The third-order valence-corrected chi connectivity index (χ3v) is 3.90. The Morgan fingerprint density at radius 1 is 1.05 bits per heavy atom. The molecule has 1 saturated carbocycles. The summed E-state index contributed by atoms with van der Waals surface area (Å²) in [6, 6.07) is 8.61. The van der Waals surface area contributed by atoms with Crippen molar-refractivity contribution in [1.82, 2.24) is 10.6 Å². The van der Waals surface area contributed by atoms with Crippen molar-refractivity contribution in [3.05, 3.63) is 35.4 Å². The standard InChI is InChI=1S/C15H20N2O.ClH/c18-15(17-14-5-6-14)13-3-1-11(2-4-13)12-7-9-16-10-8-12;/h1-4,12,14,16H,5-10H2,(H,17,18);1H. The smallest absolute Gasteiger partial charge is 0.251 e. The SMILES string of the molecule is Cl.O=C(NC1CC1)c1ccc(C2CCNCC2)cc1. The predicted molar refractivity (Wildman–Crippen MR) is 79.0 cm³/mol. The predicted octanol–water partition coefficient (Wildman–Crippen LogP) is 2.47. The molecular weight excluding hydrogens is 260 g/mol. The van der Waals surface area contributed by atoms with E-state index >= 15 is 0 Å². The Kier molecular flexibility index (Phi) is 4.83. The number of amides is 1. The molecule has 1 aromatic carbocycles. The molecule has 2 aliphatic rings. The van der Waals surface area contributed by atoms with E-state index in [1.807, 2.05) is 12.1 Å². The average Bonchev–Trinajstić information content (AvgIpc) is 3.24. The van der Waals surface area contributed by atoms with Crippen LogP contribution in [0.1, 0.15) is 47.5 Å². The third kappa shape index (κ3) is 3.71. The Labute approximate surface area is 120 Å². The van der Waals surface area contributed by atoms with Gasteiger partial charge in [0.15, 0.2) is 0 Å². The zero-order valence-corrected chi connectivity index (χ0v) is 11.8. The zero-order valence-electron chi connectivity index (χ0n) is 11.0. The van der Waals surface area contributed by atoms with E-state index in [0.29, 0.717) is 12.0 Å². The van der Waals surface area contributed by atoms with Crippen LogP contribution in [0.3, 0.4) is 0 Å². The Hall–Kier alpha value is -1.06. The molecule has 0 atom stereocenters. The van der Waals surface area contributed by atoms with Gasteiger partial charge in [0.05, 0.1) is 0 Å². The van der Waals surface area contributed by atoms with E-state index in [0.717, 1.165) is 31.5 Å². The van der Waals surface area contributed by atoms with Crippen LogP contribution in [0.5, 0.6) is 0 Å². The van der Waals surface area contributed by atoms with Gasteiger partial charge in [-0.15, -0.1) is 12.4 Å². The van der Waals surface area contributed by atoms with Crippen molar-refractivity contribution in [1.29, 1.82) is 0 Å². The minimum atomic E-state index is 0. The van der Waals surface area contributed by atoms with Crippen LogP contribution >= 0.6 is 12.4 Å². The molecule has 0 aromatic heterocycles. The molecule has 1 saturated heterocycles. The maximum absolute atomic E-state index is 11.9. The van der Waals surface area contributed by atoms with E-state index in [1.165, 1.54) is 18.4 Å². The van der Waals surface area contributed by atoms with Crippen LogP contribution in [-0.4, -0.2) is 25.0 Å². The summed E-state index contributed by atoms with van der Waals surface area (Å²) >= 11 is 0. The molecule has 0 bridgehead atoms. The summed E-state index contributed by atoms with van der Waals surface area (Å²) in [7, 11) is 0. The van der Waals surface area contributed by atoms with Crippen molar-refractivity contribution in [3.8, 4) is 0 Å².